The van der Waals surface area contributed by atoms with E-state index in [1.807, 2.05) is 13.0 Å². The zero-order valence-corrected chi connectivity index (χ0v) is 8.53. The van der Waals surface area contributed by atoms with Gasteiger partial charge >= 0.3 is 0 Å². The van der Waals surface area contributed by atoms with Crippen LogP contribution in [0.4, 0.5) is 0 Å². The van der Waals surface area contributed by atoms with Crippen LogP contribution in [0.5, 0.6) is 5.75 Å². The molecule has 0 fully saturated rings. The predicted octanol–water partition coefficient (Wildman–Crippen LogP) is 3.23. The second-order valence-electron chi connectivity index (χ2n) is 2.05. The molecule has 0 bridgehead atoms. The van der Waals surface area contributed by atoms with Crippen molar-refractivity contribution < 1.29 is 5.11 Å². The molecule has 1 aromatic rings. The summed E-state index contributed by atoms with van der Waals surface area (Å²) in [5, 5.41) is 9.16. The van der Waals surface area contributed by atoms with Crippen LogP contribution in [-0.4, -0.2) is 5.11 Å². The van der Waals surface area contributed by atoms with E-state index in [0.29, 0.717) is 4.47 Å². The largest absolute Gasteiger partial charge is 0.507 e. The molecule has 0 aliphatic rings. The minimum absolute atomic E-state index is 0.278. The number of phenols is 1. The highest BCUT2D eigenvalue weighted by atomic mass is 79.9. The summed E-state index contributed by atoms with van der Waals surface area (Å²) < 4.78 is 1.71. The number of benzene rings is 1. The fraction of sp³-hybridized carbons (Fsp3) is 0.143. The van der Waals surface area contributed by atoms with E-state index in [9.17, 15) is 0 Å². The van der Waals surface area contributed by atoms with Crippen LogP contribution in [0.25, 0.3) is 0 Å². The van der Waals surface area contributed by atoms with Gasteiger partial charge in [0.25, 0.3) is 0 Å². The molecule has 1 rings (SSSR count). The van der Waals surface area contributed by atoms with E-state index >= 15 is 0 Å². The Morgan fingerprint density at radius 2 is 1.80 bits per heavy atom. The molecule has 0 spiro atoms. The lowest BCUT2D eigenvalue weighted by Gasteiger charge is -2.00. The average Bonchev–Trinajstić information content (AvgIpc) is 1.84. The highest BCUT2D eigenvalue weighted by Crippen LogP contribution is 2.29. The maximum Gasteiger partial charge on any atom is 0.130 e. The third kappa shape index (κ3) is 1.52. The predicted molar refractivity (Wildman–Crippen MR) is 48.2 cm³/mol. The summed E-state index contributed by atoms with van der Waals surface area (Å²) in [6.07, 6.45) is 0. The monoisotopic (exact) mass is 264 g/mol. The van der Waals surface area contributed by atoms with Crippen molar-refractivity contribution >= 4 is 31.9 Å². The second-order valence-corrected chi connectivity index (χ2v) is 3.76. The molecule has 0 aliphatic carbocycles. The Morgan fingerprint density at radius 1 is 1.20 bits per heavy atom. The van der Waals surface area contributed by atoms with E-state index in [4.69, 9.17) is 5.11 Å². The lowest BCUT2D eigenvalue weighted by atomic mass is 10.2. The third-order valence-electron chi connectivity index (χ3n) is 1.23. The molecule has 0 saturated heterocycles. The minimum Gasteiger partial charge on any atom is -0.507 e. The molecule has 1 aromatic carbocycles. The van der Waals surface area contributed by atoms with Crippen molar-refractivity contribution in [2.45, 2.75) is 6.92 Å². The molecule has 3 heteroatoms. The highest BCUT2D eigenvalue weighted by molar-refractivity contribution is 9.11. The molecule has 10 heavy (non-hydrogen) atoms. The van der Waals surface area contributed by atoms with E-state index in [-0.39, 0.29) is 5.75 Å². The summed E-state index contributed by atoms with van der Waals surface area (Å²) in [7, 11) is 0. The topological polar surface area (TPSA) is 20.2 Å². The van der Waals surface area contributed by atoms with Gasteiger partial charge in [-0.25, -0.2) is 0 Å². The van der Waals surface area contributed by atoms with Crippen LogP contribution in [0.3, 0.4) is 0 Å². The quantitative estimate of drug-likeness (QED) is 0.764. The van der Waals surface area contributed by atoms with E-state index in [1.54, 1.807) is 6.07 Å². The van der Waals surface area contributed by atoms with Crippen molar-refractivity contribution in [1.82, 2.24) is 0 Å². The zero-order chi connectivity index (χ0) is 7.72. The molecule has 0 aromatic heterocycles. The van der Waals surface area contributed by atoms with Gasteiger partial charge in [0.2, 0.25) is 0 Å². The van der Waals surface area contributed by atoms with E-state index in [2.05, 4.69) is 31.9 Å². The number of halogens is 2. The summed E-state index contributed by atoms with van der Waals surface area (Å²) >= 11 is 6.54. The number of phenolic OH excluding ortho intramolecular Hbond substituents is 1. The molecule has 1 N–H and O–H groups in total. The van der Waals surface area contributed by atoms with Gasteiger partial charge in [-0.05, 0) is 40.5 Å². The van der Waals surface area contributed by atoms with Crippen LogP contribution < -0.4 is 0 Å². The number of rotatable bonds is 0. The van der Waals surface area contributed by atoms with E-state index < -0.39 is 0 Å². The Labute approximate surface area is 76.3 Å². The van der Waals surface area contributed by atoms with E-state index in [0.717, 1.165) is 10.0 Å². The van der Waals surface area contributed by atoms with Gasteiger partial charge in [-0.15, -0.1) is 0 Å². The highest BCUT2D eigenvalue weighted by Gasteiger charge is 2.00. The third-order valence-corrected chi connectivity index (χ3v) is 2.72. The van der Waals surface area contributed by atoms with Gasteiger partial charge < -0.3 is 5.11 Å². The number of hydrogen-bond donors (Lipinski definition) is 1. The van der Waals surface area contributed by atoms with Crippen molar-refractivity contribution in [1.29, 1.82) is 0 Å². The first-order chi connectivity index (χ1) is 4.61. The fourth-order valence-corrected chi connectivity index (χ4v) is 1.64. The maximum atomic E-state index is 9.16. The van der Waals surface area contributed by atoms with Crippen LogP contribution in [0, 0.1) is 6.92 Å². The summed E-state index contributed by atoms with van der Waals surface area (Å²) in [4.78, 5) is 0. The van der Waals surface area contributed by atoms with Crippen molar-refractivity contribution in [3.63, 3.8) is 0 Å². The van der Waals surface area contributed by atoms with Gasteiger partial charge in [0.05, 0.1) is 4.47 Å². The van der Waals surface area contributed by atoms with Crippen molar-refractivity contribution in [3.8, 4) is 5.75 Å². The Balaban J connectivity index is 3.28. The van der Waals surface area contributed by atoms with Gasteiger partial charge in [0.1, 0.15) is 5.75 Å². The minimum atomic E-state index is 0.278. The lowest BCUT2D eigenvalue weighted by Crippen LogP contribution is -1.75. The average molecular weight is 266 g/mol. The molecule has 0 aliphatic heterocycles. The van der Waals surface area contributed by atoms with Crippen molar-refractivity contribution in [2.24, 2.45) is 0 Å². The Bertz CT molecular complexity index is 208. The Kier molecular flexibility index (Phi) is 2.36. The van der Waals surface area contributed by atoms with Crippen molar-refractivity contribution in [2.75, 3.05) is 0 Å². The second kappa shape index (κ2) is 2.93. The van der Waals surface area contributed by atoms with Gasteiger partial charge in [-0.3, -0.25) is 0 Å². The fourth-order valence-electron chi connectivity index (χ4n) is 0.642. The van der Waals surface area contributed by atoms with Gasteiger partial charge in [0.15, 0.2) is 0 Å². The first kappa shape index (κ1) is 8.08. The Hall–Kier alpha value is -0.0200. The molecule has 1 nitrogen and oxygen atoms in total. The van der Waals surface area contributed by atoms with Crippen LogP contribution >= 0.6 is 31.9 Å². The number of aromatic hydroxyl groups is 1. The maximum absolute atomic E-state index is 9.16. The van der Waals surface area contributed by atoms with Crippen LogP contribution in [0.1, 0.15) is 5.56 Å². The molecule has 0 heterocycles. The normalized spacial score (nSPS) is 9.90. The molecular formula is C7H6Br2O. The van der Waals surface area contributed by atoms with Crippen LogP contribution in [-0.2, 0) is 0 Å². The molecule has 0 atom stereocenters. The van der Waals surface area contributed by atoms with Gasteiger partial charge in [-0.2, -0.15) is 0 Å². The molecule has 0 unspecified atom stereocenters. The molecule has 0 amide bonds. The van der Waals surface area contributed by atoms with Gasteiger partial charge in [0, 0.05) is 4.47 Å². The smallest absolute Gasteiger partial charge is 0.130 e. The first-order valence-corrected chi connectivity index (χ1v) is 4.34. The summed E-state index contributed by atoms with van der Waals surface area (Å²) in [6.45, 7) is 1.93. The van der Waals surface area contributed by atoms with Crippen LogP contribution in [0.2, 0.25) is 0 Å². The molecular weight excluding hydrogens is 260 g/mol. The van der Waals surface area contributed by atoms with Crippen LogP contribution in [0.15, 0.2) is 21.1 Å². The first-order valence-electron chi connectivity index (χ1n) is 2.76. The van der Waals surface area contributed by atoms with Crippen molar-refractivity contribution in [3.05, 3.63) is 26.6 Å². The SMILES string of the molecule is Cc1cc(O)c(Br)cc1Br. The summed E-state index contributed by atoms with van der Waals surface area (Å²) in [6, 6.07) is 3.53. The Morgan fingerprint density at radius 3 is 2.30 bits per heavy atom. The van der Waals surface area contributed by atoms with E-state index in [1.165, 1.54) is 0 Å². The molecule has 0 radical (unpaired) electrons. The lowest BCUT2D eigenvalue weighted by molar-refractivity contribution is 0.471. The van der Waals surface area contributed by atoms with Gasteiger partial charge in [-0.1, -0.05) is 15.9 Å². The number of aryl methyl sites for hydroxylation is 1. The zero-order valence-electron chi connectivity index (χ0n) is 5.36. The standard InChI is InChI=1S/C7H6Br2O/c1-4-2-7(10)6(9)3-5(4)8/h2-3,10H,1H3. The summed E-state index contributed by atoms with van der Waals surface area (Å²) in [5.41, 5.74) is 1.03. The molecule has 0 saturated carbocycles. The number of hydrogen-bond acceptors (Lipinski definition) is 1. The summed E-state index contributed by atoms with van der Waals surface area (Å²) in [5.74, 6) is 0.278. The molecule has 54 valence electrons.